The molecule has 0 spiro atoms. The van der Waals surface area contributed by atoms with Gasteiger partial charge in [-0.05, 0) is 24.1 Å². The fourth-order valence-electron chi connectivity index (χ4n) is 1.86. The highest BCUT2D eigenvalue weighted by Crippen LogP contribution is 2.16. The predicted octanol–water partition coefficient (Wildman–Crippen LogP) is 2.27. The topological polar surface area (TPSA) is 36.3 Å². The number of hydrogen-bond donors (Lipinski definition) is 1. The van der Waals surface area contributed by atoms with Gasteiger partial charge in [-0.3, -0.25) is 5.41 Å². The van der Waals surface area contributed by atoms with Crippen LogP contribution in [0.2, 0.25) is 0 Å². The van der Waals surface area contributed by atoms with Crippen molar-refractivity contribution in [2.75, 3.05) is 13.7 Å². The van der Waals surface area contributed by atoms with Crippen LogP contribution in [0.15, 0.2) is 24.3 Å². The van der Waals surface area contributed by atoms with E-state index in [9.17, 15) is 0 Å². The lowest BCUT2D eigenvalue weighted by molar-refractivity contribution is 0.413. The van der Waals surface area contributed by atoms with E-state index in [1.54, 1.807) is 7.11 Å². The molecule has 1 aromatic carbocycles. The smallest absolute Gasteiger partial charge is 0.118 e. The van der Waals surface area contributed by atoms with Gasteiger partial charge in [-0.1, -0.05) is 12.1 Å². The Morgan fingerprint density at radius 3 is 2.60 bits per heavy atom. The first-order valence-electron chi connectivity index (χ1n) is 5.25. The first kappa shape index (κ1) is 10.0. The largest absolute Gasteiger partial charge is 0.497 e. The molecule has 0 saturated carbocycles. The lowest BCUT2D eigenvalue weighted by Gasteiger charge is -2.17. The number of nitrogens with zero attached hydrogens (tertiary/aromatic N) is 1. The monoisotopic (exact) mass is 204 g/mol. The van der Waals surface area contributed by atoms with Crippen molar-refractivity contribution < 1.29 is 4.74 Å². The molecule has 0 aromatic heterocycles. The van der Waals surface area contributed by atoms with Crippen LogP contribution in [0.3, 0.4) is 0 Å². The van der Waals surface area contributed by atoms with Crippen LogP contribution in [-0.4, -0.2) is 24.4 Å². The summed E-state index contributed by atoms with van der Waals surface area (Å²) in [4.78, 5) is 2.13. The molecule has 1 aliphatic heterocycles. The standard InChI is InChI=1S/C12H16N2O/c1-15-11-6-4-10(5-7-11)9-14-8-2-3-12(14)13/h4-7,13H,2-3,8-9H2,1H3. The average molecular weight is 204 g/mol. The number of amidine groups is 1. The maximum atomic E-state index is 7.73. The summed E-state index contributed by atoms with van der Waals surface area (Å²) in [5.41, 5.74) is 1.24. The summed E-state index contributed by atoms with van der Waals surface area (Å²) in [7, 11) is 1.67. The SMILES string of the molecule is COc1ccc(CN2CCCC2=N)cc1. The van der Waals surface area contributed by atoms with Crippen molar-refractivity contribution in [3.63, 3.8) is 0 Å². The fourth-order valence-corrected chi connectivity index (χ4v) is 1.86. The van der Waals surface area contributed by atoms with Gasteiger partial charge in [-0.2, -0.15) is 0 Å². The molecule has 1 fully saturated rings. The van der Waals surface area contributed by atoms with Crippen LogP contribution in [-0.2, 0) is 6.54 Å². The van der Waals surface area contributed by atoms with Crippen LogP contribution >= 0.6 is 0 Å². The molecule has 3 nitrogen and oxygen atoms in total. The van der Waals surface area contributed by atoms with Crippen molar-refractivity contribution >= 4 is 5.84 Å². The number of likely N-dealkylation sites (tertiary alicyclic amines) is 1. The summed E-state index contributed by atoms with van der Waals surface area (Å²) in [6.45, 7) is 1.87. The molecular formula is C12H16N2O. The van der Waals surface area contributed by atoms with Crippen LogP contribution in [0.25, 0.3) is 0 Å². The van der Waals surface area contributed by atoms with Crippen LogP contribution < -0.4 is 4.74 Å². The molecule has 2 rings (SSSR count). The molecule has 1 saturated heterocycles. The fraction of sp³-hybridized carbons (Fsp3) is 0.417. The quantitative estimate of drug-likeness (QED) is 0.820. The number of rotatable bonds is 3. The molecule has 1 aromatic rings. The van der Waals surface area contributed by atoms with Crippen LogP contribution in [0.5, 0.6) is 5.75 Å². The zero-order valence-corrected chi connectivity index (χ0v) is 8.99. The Morgan fingerprint density at radius 2 is 2.07 bits per heavy atom. The lowest BCUT2D eigenvalue weighted by Crippen LogP contribution is -2.23. The van der Waals surface area contributed by atoms with Gasteiger partial charge >= 0.3 is 0 Å². The third kappa shape index (κ3) is 2.29. The molecule has 0 bridgehead atoms. The van der Waals surface area contributed by atoms with Gasteiger partial charge in [0, 0.05) is 19.5 Å². The highest BCUT2D eigenvalue weighted by atomic mass is 16.5. The summed E-state index contributed by atoms with van der Waals surface area (Å²) in [5, 5.41) is 7.73. The van der Waals surface area contributed by atoms with E-state index in [2.05, 4.69) is 17.0 Å². The van der Waals surface area contributed by atoms with E-state index in [0.29, 0.717) is 0 Å². The molecular weight excluding hydrogens is 188 g/mol. The van der Waals surface area contributed by atoms with Gasteiger partial charge in [0.1, 0.15) is 5.75 Å². The van der Waals surface area contributed by atoms with Gasteiger partial charge in [-0.15, -0.1) is 0 Å². The molecule has 0 aliphatic carbocycles. The lowest BCUT2D eigenvalue weighted by atomic mass is 10.2. The second-order valence-corrected chi connectivity index (χ2v) is 3.82. The molecule has 0 atom stereocenters. The summed E-state index contributed by atoms with van der Waals surface area (Å²) >= 11 is 0. The van der Waals surface area contributed by atoms with Crippen molar-refractivity contribution in [1.82, 2.24) is 4.90 Å². The van der Waals surface area contributed by atoms with Gasteiger partial charge in [0.2, 0.25) is 0 Å². The highest BCUT2D eigenvalue weighted by Gasteiger charge is 2.16. The summed E-state index contributed by atoms with van der Waals surface area (Å²) in [6.07, 6.45) is 2.05. The Balaban J connectivity index is 2.01. The van der Waals surface area contributed by atoms with Crippen LogP contribution in [0.4, 0.5) is 0 Å². The van der Waals surface area contributed by atoms with Gasteiger partial charge in [0.25, 0.3) is 0 Å². The van der Waals surface area contributed by atoms with E-state index in [-0.39, 0.29) is 0 Å². The number of methoxy groups -OCH3 is 1. The predicted molar refractivity (Wildman–Crippen MR) is 60.4 cm³/mol. The Labute approximate surface area is 90.2 Å². The van der Waals surface area contributed by atoms with E-state index in [4.69, 9.17) is 10.1 Å². The van der Waals surface area contributed by atoms with Crippen molar-refractivity contribution in [3.05, 3.63) is 29.8 Å². The number of ether oxygens (including phenoxy) is 1. The summed E-state index contributed by atoms with van der Waals surface area (Å²) in [5.74, 6) is 1.65. The molecule has 1 heterocycles. The number of benzene rings is 1. The van der Waals surface area contributed by atoms with E-state index < -0.39 is 0 Å². The van der Waals surface area contributed by atoms with Crippen molar-refractivity contribution in [2.24, 2.45) is 0 Å². The molecule has 0 amide bonds. The van der Waals surface area contributed by atoms with Crippen molar-refractivity contribution in [3.8, 4) is 5.75 Å². The summed E-state index contributed by atoms with van der Waals surface area (Å²) < 4.78 is 5.10. The van der Waals surface area contributed by atoms with Gasteiger partial charge in [0.05, 0.1) is 12.9 Å². The zero-order chi connectivity index (χ0) is 10.7. The Kier molecular flexibility index (Phi) is 2.90. The molecule has 15 heavy (non-hydrogen) atoms. The van der Waals surface area contributed by atoms with Crippen LogP contribution in [0.1, 0.15) is 18.4 Å². The average Bonchev–Trinajstić information content (AvgIpc) is 2.66. The molecule has 1 N–H and O–H groups in total. The van der Waals surface area contributed by atoms with Gasteiger partial charge in [-0.25, -0.2) is 0 Å². The molecule has 80 valence electrons. The van der Waals surface area contributed by atoms with Gasteiger partial charge < -0.3 is 9.64 Å². The molecule has 3 heteroatoms. The van der Waals surface area contributed by atoms with Crippen molar-refractivity contribution in [1.29, 1.82) is 5.41 Å². The highest BCUT2D eigenvalue weighted by molar-refractivity contribution is 5.80. The van der Waals surface area contributed by atoms with E-state index in [1.807, 2.05) is 12.1 Å². The first-order valence-corrected chi connectivity index (χ1v) is 5.25. The molecule has 1 aliphatic rings. The minimum Gasteiger partial charge on any atom is -0.497 e. The van der Waals surface area contributed by atoms with Crippen LogP contribution in [0, 0.1) is 5.41 Å². The molecule has 0 unspecified atom stereocenters. The maximum Gasteiger partial charge on any atom is 0.118 e. The Morgan fingerprint density at radius 1 is 1.33 bits per heavy atom. The van der Waals surface area contributed by atoms with E-state index >= 15 is 0 Å². The number of hydrogen-bond acceptors (Lipinski definition) is 2. The Hall–Kier alpha value is -1.51. The van der Waals surface area contributed by atoms with Gasteiger partial charge in [0.15, 0.2) is 0 Å². The minimum absolute atomic E-state index is 0.769. The summed E-state index contributed by atoms with van der Waals surface area (Å²) in [6, 6.07) is 8.05. The Bertz CT molecular complexity index is 345. The number of nitrogens with one attached hydrogen (secondary N) is 1. The maximum absolute atomic E-state index is 7.73. The molecule has 0 radical (unpaired) electrons. The second-order valence-electron chi connectivity index (χ2n) is 3.82. The normalized spacial score (nSPS) is 15.8. The van der Waals surface area contributed by atoms with E-state index in [0.717, 1.165) is 37.5 Å². The zero-order valence-electron chi connectivity index (χ0n) is 8.99. The second kappa shape index (κ2) is 4.34. The third-order valence-corrected chi connectivity index (χ3v) is 2.76. The minimum atomic E-state index is 0.769. The van der Waals surface area contributed by atoms with E-state index in [1.165, 1.54) is 5.56 Å². The van der Waals surface area contributed by atoms with Crippen molar-refractivity contribution in [2.45, 2.75) is 19.4 Å². The first-order chi connectivity index (χ1) is 7.29. The third-order valence-electron chi connectivity index (χ3n) is 2.76.